The molecule has 2 nitrogen and oxygen atoms in total. The van der Waals surface area contributed by atoms with Crippen molar-refractivity contribution in [1.82, 2.24) is 10.2 Å². The van der Waals surface area contributed by atoms with Gasteiger partial charge in [-0.3, -0.25) is 4.90 Å². The molecule has 0 saturated heterocycles. The molecule has 0 aromatic heterocycles. The summed E-state index contributed by atoms with van der Waals surface area (Å²) >= 11 is 3.33. The Balaban J connectivity index is 3.67. The molecule has 1 N–H and O–H groups in total. The second-order valence-corrected chi connectivity index (χ2v) is 5.24. The van der Waals surface area contributed by atoms with E-state index in [1.165, 1.54) is 0 Å². The predicted octanol–water partition coefficient (Wildman–Crippen LogP) is 2.60. The Morgan fingerprint density at radius 2 is 1.79 bits per heavy atom. The van der Waals surface area contributed by atoms with E-state index in [1.807, 2.05) is 0 Å². The maximum absolute atomic E-state index is 3.78. The highest BCUT2D eigenvalue weighted by Crippen LogP contribution is 2.03. The van der Waals surface area contributed by atoms with E-state index >= 15 is 0 Å². The molecule has 0 rings (SSSR count). The third-order valence-electron chi connectivity index (χ3n) is 2.19. The topological polar surface area (TPSA) is 15.3 Å². The van der Waals surface area contributed by atoms with Crippen molar-refractivity contribution in [2.24, 2.45) is 0 Å². The number of rotatable bonds is 7. The molecule has 3 heteroatoms. The van der Waals surface area contributed by atoms with E-state index in [0.717, 1.165) is 24.1 Å². The van der Waals surface area contributed by atoms with Gasteiger partial charge in [-0.05, 0) is 27.7 Å². The van der Waals surface area contributed by atoms with Crippen LogP contribution in [0.15, 0.2) is 11.1 Å². The smallest absolute Gasteiger partial charge is 0.0266 e. The van der Waals surface area contributed by atoms with Crippen LogP contribution < -0.4 is 5.32 Å². The Morgan fingerprint density at radius 1 is 1.29 bits per heavy atom. The first-order valence-electron chi connectivity index (χ1n) is 5.25. The second-order valence-electron chi connectivity index (χ2n) is 4.12. The van der Waals surface area contributed by atoms with Gasteiger partial charge in [0, 0.05) is 36.2 Å². The van der Waals surface area contributed by atoms with Crippen LogP contribution in [0.1, 0.15) is 27.7 Å². The maximum atomic E-state index is 3.78. The van der Waals surface area contributed by atoms with Gasteiger partial charge in [0.2, 0.25) is 0 Å². The first-order chi connectivity index (χ1) is 6.45. The first kappa shape index (κ1) is 14.1. The number of hydrogen-bond donors (Lipinski definition) is 1. The van der Waals surface area contributed by atoms with Crippen molar-refractivity contribution in [3.05, 3.63) is 11.1 Å². The van der Waals surface area contributed by atoms with E-state index in [4.69, 9.17) is 0 Å². The average molecular weight is 263 g/mol. The van der Waals surface area contributed by atoms with Crippen molar-refractivity contribution in [3.8, 4) is 0 Å². The zero-order valence-corrected chi connectivity index (χ0v) is 11.4. The van der Waals surface area contributed by atoms with Gasteiger partial charge < -0.3 is 5.32 Å². The van der Waals surface area contributed by atoms with Gasteiger partial charge in [-0.1, -0.05) is 22.5 Å². The molecule has 0 saturated carbocycles. The summed E-state index contributed by atoms with van der Waals surface area (Å²) in [5.41, 5.74) is 0. The summed E-state index contributed by atoms with van der Waals surface area (Å²) in [6.45, 7) is 15.7. The molecule has 0 heterocycles. The molecular formula is C11H23BrN2. The second kappa shape index (κ2) is 7.43. The molecule has 0 radical (unpaired) electrons. The van der Waals surface area contributed by atoms with Crippen molar-refractivity contribution < 1.29 is 0 Å². The molecule has 0 amide bonds. The average Bonchev–Trinajstić information content (AvgIpc) is 2.01. The molecule has 0 fully saturated rings. The number of hydrogen-bond acceptors (Lipinski definition) is 2. The largest absolute Gasteiger partial charge is 0.311 e. The third kappa shape index (κ3) is 6.57. The van der Waals surface area contributed by atoms with Crippen molar-refractivity contribution in [2.75, 3.05) is 19.6 Å². The highest BCUT2D eigenvalue weighted by atomic mass is 79.9. The Bertz CT molecular complexity index is 159. The summed E-state index contributed by atoms with van der Waals surface area (Å²) in [6.07, 6.45) is 0. The van der Waals surface area contributed by atoms with Crippen molar-refractivity contribution >= 4 is 15.9 Å². The Labute approximate surface area is 96.9 Å². The minimum atomic E-state index is 0.615. The fourth-order valence-corrected chi connectivity index (χ4v) is 1.74. The van der Waals surface area contributed by atoms with Gasteiger partial charge in [-0.2, -0.15) is 0 Å². The van der Waals surface area contributed by atoms with Crippen molar-refractivity contribution in [1.29, 1.82) is 0 Å². The SMILES string of the molecule is C=C(Br)CNCCN(C(C)C)C(C)C. The van der Waals surface area contributed by atoms with Crippen LogP contribution in [0.2, 0.25) is 0 Å². The van der Waals surface area contributed by atoms with E-state index in [2.05, 4.69) is 60.4 Å². The minimum absolute atomic E-state index is 0.615. The zero-order chi connectivity index (χ0) is 11.1. The van der Waals surface area contributed by atoms with E-state index < -0.39 is 0 Å². The van der Waals surface area contributed by atoms with Gasteiger partial charge in [-0.15, -0.1) is 0 Å². The van der Waals surface area contributed by atoms with Crippen molar-refractivity contribution in [2.45, 2.75) is 39.8 Å². The van der Waals surface area contributed by atoms with Gasteiger partial charge >= 0.3 is 0 Å². The fraction of sp³-hybridized carbons (Fsp3) is 0.818. The Kier molecular flexibility index (Phi) is 7.51. The first-order valence-corrected chi connectivity index (χ1v) is 6.04. The Morgan fingerprint density at radius 3 is 2.14 bits per heavy atom. The fourth-order valence-electron chi connectivity index (χ4n) is 1.54. The van der Waals surface area contributed by atoms with Crippen LogP contribution in [-0.2, 0) is 0 Å². The molecule has 0 atom stereocenters. The summed E-state index contributed by atoms with van der Waals surface area (Å²) in [5, 5.41) is 3.34. The monoisotopic (exact) mass is 262 g/mol. The lowest BCUT2D eigenvalue weighted by molar-refractivity contribution is 0.176. The zero-order valence-electron chi connectivity index (χ0n) is 9.81. The molecule has 0 aliphatic heterocycles. The molecular weight excluding hydrogens is 240 g/mol. The predicted molar refractivity (Wildman–Crippen MR) is 67.9 cm³/mol. The molecule has 84 valence electrons. The van der Waals surface area contributed by atoms with Gasteiger partial charge in [-0.25, -0.2) is 0 Å². The van der Waals surface area contributed by atoms with Crippen LogP contribution in [0, 0.1) is 0 Å². The number of halogens is 1. The van der Waals surface area contributed by atoms with E-state index in [-0.39, 0.29) is 0 Å². The van der Waals surface area contributed by atoms with E-state index in [9.17, 15) is 0 Å². The molecule has 0 bridgehead atoms. The minimum Gasteiger partial charge on any atom is -0.311 e. The van der Waals surface area contributed by atoms with Crippen LogP contribution in [0.25, 0.3) is 0 Å². The summed E-state index contributed by atoms with van der Waals surface area (Å²) in [5.74, 6) is 0. The molecule has 0 aromatic rings. The molecule has 0 aromatic carbocycles. The molecule has 0 spiro atoms. The lowest BCUT2D eigenvalue weighted by Crippen LogP contribution is -2.41. The summed E-state index contributed by atoms with van der Waals surface area (Å²) in [4.78, 5) is 2.48. The lowest BCUT2D eigenvalue weighted by atomic mass is 10.2. The molecule has 14 heavy (non-hydrogen) atoms. The quantitative estimate of drug-likeness (QED) is 0.710. The van der Waals surface area contributed by atoms with Gasteiger partial charge in [0.05, 0.1) is 0 Å². The van der Waals surface area contributed by atoms with E-state index in [1.54, 1.807) is 0 Å². The van der Waals surface area contributed by atoms with Crippen LogP contribution >= 0.6 is 15.9 Å². The normalized spacial score (nSPS) is 11.7. The van der Waals surface area contributed by atoms with Crippen molar-refractivity contribution in [3.63, 3.8) is 0 Å². The van der Waals surface area contributed by atoms with E-state index in [0.29, 0.717) is 12.1 Å². The van der Waals surface area contributed by atoms with Crippen LogP contribution in [0.5, 0.6) is 0 Å². The molecule has 0 aliphatic carbocycles. The van der Waals surface area contributed by atoms with Gasteiger partial charge in [0.1, 0.15) is 0 Å². The third-order valence-corrected chi connectivity index (χ3v) is 2.47. The standard InChI is InChI=1S/C11H23BrN2/c1-9(2)14(10(3)4)7-6-13-8-11(5)12/h9-10,13H,5-8H2,1-4H3. The number of nitrogens with zero attached hydrogens (tertiary/aromatic N) is 1. The Hall–Kier alpha value is 0.140. The van der Waals surface area contributed by atoms with Crippen LogP contribution in [0.3, 0.4) is 0 Å². The van der Waals surface area contributed by atoms with Gasteiger partial charge in [0.15, 0.2) is 0 Å². The summed E-state index contributed by atoms with van der Waals surface area (Å²) < 4.78 is 1.01. The van der Waals surface area contributed by atoms with Gasteiger partial charge in [0.25, 0.3) is 0 Å². The maximum Gasteiger partial charge on any atom is 0.0266 e. The highest BCUT2D eigenvalue weighted by Gasteiger charge is 2.11. The highest BCUT2D eigenvalue weighted by molar-refractivity contribution is 9.11. The molecule has 0 unspecified atom stereocenters. The lowest BCUT2D eigenvalue weighted by Gasteiger charge is -2.30. The van der Waals surface area contributed by atoms with Crippen LogP contribution in [-0.4, -0.2) is 36.6 Å². The number of nitrogens with one attached hydrogen (secondary N) is 1. The summed E-state index contributed by atoms with van der Waals surface area (Å²) in [6, 6.07) is 1.23. The molecule has 0 aliphatic rings. The summed E-state index contributed by atoms with van der Waals surface area (Å²) in [7, 11) is 0. The van der Waals surface area contributed by atoms with Crippen LogP contribution in [0.4, 0.5) is 0 Å².